The molecule has 3 aromatic rings. The van der Waals surface area contributed by atoms with Crippen LogP contribution in [0.2, 0.25) is 0 Å². The van der Waals surface area contributed by atoms with Gasteiger partial charge < -0.3 is 14.2 Å². The molecule has 1 aromatic carbocycles. The number of hydrogen-bond acceptors (Lipinski definition) is 4. The molecule has 0 saturated carbocycles. The van der Waals surface area contributed by atoms with Gasteiger partial charge in [-0.15, -0.1) is 0 Å². The van der Waals surface area contributed by atoms with Crippen LogP contribution in [-0.4, -0.2) is 39.0 Å². The van der Waals surface area contributed by atoms with Crippen molar-refractivity contribution < 1.29 is 13.9 Å². The first kappa shape index (κ1) is 18.6. The van der Waals surface area contributed by atoms with Crippen LogP contribution in [0.25, 0.3) is 11.3 Å². The van der Waals surface area contributed by atoms with E-state index in [2.05, 4.69) is 9.97 Å². The summed E-state index contributed by atoms with van der Waals surface area (Å²) in [6.07, 6.45) is 5.01. The van der Waals surface area contributed by atoms with Crippen LogP contribution in [0.5, 0.6) is 5.75 Å². The Bertz CT molecular complexity index is 937. The fourth-order valence-corrected chi connectivity index (χ4v) is 2.78. The molecule has 0 aliphatic rings. The molecule has 0 aliphatic carbocycles. The summed E-state index contributed by atoms with van der Waals surface area (Å²) in [6, 6.07) is 8.17. The van der Waals surface area contributed by atoms with Gasteiger partial charge >= 0.3 is 0 Å². The number of carbonyl (C=O) groups excluding carboxylic acids is 1. The molecule has 0 saturated heterocycles. The van der Waals surface area contributed by atoms with E-state index in [0.717, 1.165) is 5.82 Å². The number of hydrogen-bond donors (Lipinski definition) is 0. The number of imidazole rings is 1. The average molecular weight is 368 g/mol. The summed E-state index contributed by atoms with van der Waals surface area (Å²) in [5.41, 5.74) is 1.21. The zero-order valence-corrected chi connectivity index (χ0v) is 15.5. The van der Waals surface area contributed by atoms with Crippen molar-refractivity contribution in [3.63, 3.8) is 0 Å². The van der Waals surface area contributed by atoms with Gasteiger partial charge in [0.1, 0.15) is 5.82 Å². The summed E-state index contributed by atoms with van der Waals surface area (Å²) >= 11 is 0. The maximum Gasteiger partial charge on any atom is 0.255 e. The summed E-state index contributed by atoms with van der Waals surface area (Å²) in [7, 11) is 3.30. The third kappa shape index (κ3) is 3.81. The Morgan fingerprint density at radius 1 is 1.26 bits per heavy atom. The molecule has 27 heavy (non-hydrogen) atoms. The topological polar surface area (TPSA) is 60.2 Å². The lowest BCUT2D eigenvalue weighted by Gasteiger charge is -2.20. The summed E-state index contributed by atoms with van der Waals surface area (Å²) in [5.74, 6) is 0.331. The molecule has 3 rings (SSSR count). The number of nitrogens with zero attached hydrogens (tertiary/aromatic N) is 4. The number of aryl methyl sites for hydroxylation is 1. The van der Waals surface area contributed by atoms with Gasteiger partial charge in [-0.1, -0.05) is 6.07 Å². The van der Waals surface area contributed by atoms with Gasteiger partial charge in [-0.05, 0) is 31.2 Å². The molecule has 140 valence electrons. The Hall–Kier alpha value is -3.22. The van der Waals surface area contributed by atoms with Crippen LogP contribution in [0.3, 0.4) is 0 Å². The molecule has 0 spiro atoms. The van der Waals surface area contributed by atoms with E-state index in [1.807, 2.05) is 24.7 Å². The molecular weight excluding hydrogens is 347 g/mol. The smallest absolute Gasteiger partial charge is 0.255 e. The molecule has 0 unspecified atom stereocenters. The molecule has 7 heteroatoms. The first-order valence-electron chi connectivity index (χ1n) is 8.59. The van der Waals surface area contributed by atoms with Crippen molar-refractivity contribution in [2.24, 2.45) is 7.05 Å². The van der Waals surface area contributed by atoms with E-state index in [0.29, 0.717) is 29.9 Å². The molecule has 2 heterocycles. The van der Waals surface area contributed by atoms with Crippen molar-refractivity contribution in [3.05, 3.63) is 66.1 Å². The lowest BCUT2D eigenvalue weighted by Crippen LogP contribution is -2.31. The number of ether oxygens (including phenoxy) is 1. The van der Waals surface area contributed by atoms with Crippen LogP contribution in [0.15, 0.2) is 48.9 Å². The van der Waals surface area contributed by atoms with Crippen molar-refractivity contribution in [3.8, 4) is 17.0 Å². The molecular formula is C20H21FN4O2. The molecule has 0 bridgehead atoms. The minimum absolute atomic E-state index is 0.148. The maximum absolute atomic E-state index is 14.4. The Labute approximate surface area is 157 Å². The number of amides is 1. The second-order valence-corrected chi connectivity index (χ2v) is 6.03. The number of halogens is 1. The first-order chi connectivity index (χ1) is 13.0. The third-order valence-electron chi connectivity index (χ3n) is 4.39. The first-order valence-corrected chi connectivity index (χ1v) is 8.59. The predicted molar refractivity (Wildman–Crippen MR) is 99.8 cm³/mol. The van der Waals surface area contributed by atoms with Gasteiger partial charge in [0.25, 0.3) is 5.91 Å². The van der Waals surface area contributed by atoms with E-state index in [4.69, 9.17) is 4.74 Å². The lowest BCUT2D eigenvalue weighted by atomic mass is 10.1. The monoisotopic (exact) mass is 368 g/mol. The third-order valence-corrected chi connectivity index (χ3v) is 4.39. The van der Waals surface area contributed by atoms with Crippen LogP contribution in [0.4, 0.5) is 4.39 Å². The van der Waals surface area contributed by atoms with Crippen LogP contribution < -0.4 is 4.74 Å². The molecule has 6 nitrogen and oxygen atoms in total. The summed E-state index contributed by atoms with van der Waals surface area (Å²) in [5, 5.41) is 0. The van der Waals surface area contributed by atoms with Crippen molar-refractivity contribution in [1.82, 2.24) is 19.4 Å². The molecule has 0 aliphatic heterocycles. The SMILES string of the molecule is CCN(Cc1nccn1C)C(=O)c1ccc(-c2cccc(OC)c2F)nc1. The highest BCUT2D eigenvalue weighted by Gasteiger charge is 2.18. The minimum Gasteiger partial charge on any atom is -0.494 e. The van der Waals surface area contributed by atoms with Gasteiger partial charge in [0.15, 0.2) is 11.6 Å². The largest absolute Gasteiger partial charge is 0.494 e. The van der Waals surface area contributed by atoms with Crippen LogP contribution in [0, 0.1) is 5.82 Å². The Morgan fingerprint density at radius 2 is 2.07 bits per heavy atom. The summed E-state index contributed by atoms with van der Waals surface area (Å²) in [6.45, 7) is 2.86. The zero-order valence-electron chi connectivity index (χ0n) is 15.5. The molecule has 1 amide bonds. The van der Waals surface area contributed by atoms with Gasteiger partial charge in [-0.2, -0.15) is 0 Å². The minimum atomic E-state index is -0.475. The van der Waals surface area contributed by atoms with Crippen molar-refractivity contribution >= 4 is 5.91 Å². The molecule has 0 N–H and O–H groups in total. The predicted octanol–water partition coefficient (Wildman–Crippen LogP) is 3.29. The summed E-state index contributed by atoms with van der Waals surface area (Å²) < 4.78 is 21.3. The second-order valence-electron chi connectivity index (χ2n) is 6.03. The number of carbonyl (C=O) groups is 1. The van der Waals surface area contributed by atoms with Gasteiger partial charge in [0.2, 0.25) is 0 Å². The van der Waals surface area contributed by atoms with E-state index in [1.165, 1.54) is 13.3 Å². The van der Waals surface area contributed by atoms with Gasteiger partial charge in [-0.25, -0.2) is 9.37 Å². The number of pyridine rings is 1. The van der Waals surface area contributed by atoms with E-state index >= 15 is 0 Å². The highest BCUT2D eigenvalue weighted by atomic mass is 19.1. The second kappa shape index (κ2) is 7.99. The Kier molecular flexibility index (Phi) is 5.49. The van der Waals surface area contributed by atoms with Crippen molar-refractivity contribution in [2.75, 3.05) is 13.7 Å². The number of rotatable bonds is 6. The summed E-state index contributed by atoms with van der Waals surface area (Å²) in [4.78, 5) is 23.0. The zero-order chi connectivity index (χ0) is 19.4. The van der Waals surface area contributed by atoms with Crippen LogP contribution >= 0.6 is 0 Å². The molecule has 0 radical (unpaired) electrons. The normalized spacial score (nSPS) is 10.7. The number of aromatic nitrogens is 3. The number of benzene rings is 1. The van der Waals surface area contributed by atoms with Crippen molar-refractivity contribution in [1.29, 1.82) is 0 Å². The molecule has 2 aromatic heterocycles. The van der Waals surface area contributed by atoms with E-state index in [9.17, 15) is 9.18 Å². The van der Waals surface area contributed by atoms with Gasteiger partial charge in [0, 0.05) is 37.7 Å². The van der Waals surface area contributed by atoms with Gasteiger partial charge in [0.05, 0.1) is 24.9 Å². The lowest BCUT2D eigenvalue weighted by molar-refractivity contribution is 0.0747. The highest BCUT2D eigenvalue weighted by Crippen LogP contribution is 2.27. The van der Waals surface area contributed by atoms with Crippen LogP contribution in [0.1, 0.15) is 23.1 Å². The highest BCUT2D eigenvalue weighted by molar-refractivity contribution is 5.94. The fraction of sp³-hybridized carbons (Fsp3) is 0.250. The van der Waals surface area contributed by atoms with E-state index < -0.39 is 5.82 Å². The Balaban J connectivity index is 1.82. The van der Waals surface area contributed by atoms with E-state index in [1.54, 1.807) is 41.4 Å². The average Bonchev–Trinajstić information content (AvgIpc) is 3.10. The van der Waals surface area contributed by atoms with E-state index in [-0.39, 0.29) is 11.7 Å². The van der Waals surface area contributed by atoms with Gasteiger partial charge in [-0.3, -0.25) is 9.78 Å². The number of methoxy groups -OCH3 is 1. The van der Waals surface area contributed by atoms with Crippen LogP contribution in [-0.2, 0) is 13.6 Å². The Morgan fingerprint density at radius 3 is 2.67 bits per heavy atom. The fourth-order valence-electron chi connectivity index (χ4n) is 2.78. The maximum atomic E-state index is 14.4. The molecule has 0 fully saturated rings. The molecule has 0 atom stereocenters. The standard InChI is InChI=1S/C20H21FN4O2/c1-4-25(13-18-22-10-11-24(18)2)20(26)14-8-9-16(23-12-14)15-6-5-7-17(27-3)19(15)21/h5-12H,4,13H2,1-3H3. The quantitative estimate of drug-likeness (QED) is 0.670. The van der Waals surface area contributed by atoms with Crippen molar-refractivity contribution in [2.45, 2.75) is 13.5 Å².